The van der Waals surface area contributed by atoms with Crippen molar-refractivity contribution < 1.29 is 57.0 Å². The first kappa shape index (κ1) is 75.1. The normalized spacial score (nSPS) is 13.9. The minimum atomic E-state index is -0.402. The quantitative estimate of drug-likeness (QED) is 0.0350. The SMILES string of the molecule is CCCCCCCCC(CCCCCCCC)C(=O)OCCCCCCOCC(COCCOCCOCCOCCOC(=O)C1(C)CCNCC1)OCCCCCCOC(=O)C(CCCCCCCC)CCCCCCCC. The molecule has 13 nitrogen and oxygen atoms in total. The summed E-state index contributed by atoms with van der Waals surface area (Å²) in [6, 6.07) is 0. The maximum absolute atomic E-state index is 13.2. The highest BCUT2D eigenvalue weighted by Crippen LogP contribution is 2.29. The summed E-state index contributed by atoms with van der Waals surface area (Å²) in [6.07, 6.45) is 42.8. The molecule has 1 aliphatic heterocycles. The van der Waals surface area contributed by atoms with Crippen molar-refractivity contribution in [3.63, 3.8) is 0 Å². The third-order valence-electron chi connectivity index (χ3n) is 15.7. The molecule has 1 fully saturated rings. The second-order valence-electron chi connectivity index (χ2n) is 23.2. The molecule has 1 saturated heterocycles. The lowest BCUT2D eigenvalue weighted by Crippen LogP contribution is -2.41. The first-order chi connectivity index (χ1) is 38.8. The molecular formula is C66H127NO12. The Bertz CT molecular complexity index is 1280. The van der Waals surface area contributed by atoms with Crippen molar-refractivity contribution in [1.29, 1.82) is 0 Å². The minimum absolute atomic E-state index is 0.0190. The summed E-state index contributed by atoms with van der Waals surface area (Å²) in [5, 5.41) is 3.29. The van der Waals surface area contributed by atoms with E-state index in [1.165, 1.54) is 128 Å². The lowest BCUT2D eigenvalue weighted by atomic mass is 9.81. The van der Waals surface area contributed by atoms with E-state index in [-0.39, 0.29) is 42.5 Å². The lowest BCUT2D eigenvalue weighted by Gasteiger charge is -2.31. The van der Waals surface area contributed by atoms with E-state index in [0.717, 1.165) is 129 Å². The first-order valence-corrected chi connectivity index (χ1v) is 33.5. The Morgan fingerprint density at radius 1 is 0.354 bits per heavy atom. The average molecular weight is 1130 g/mol. The van der Waals surface area contributed by atoms with Crippen molar-refractivity contribution >= 4 is 17.9 Å². The Balaban J connectivity index is 2.44. The summed E-state index contributed by atoms with van der Waals surface area (Å²) in [6.45, 7) is 19.1. The third kappa shape index (κ3) is 47.2. The van der Waals surface area contributed by atoms with E-state index in [1.54, 1.807) is 0 Å². The van der Waals surface area contributed by atoms with Gasteiger partial charge in [-0.05, 0) is 97.1 Å². The fraction of sp³-hybridized carbons (Fsp3) is 0.955. The van der Waals surface area contributed by atoms with E-state index in [0.29, 0.717) is 85.9 Å². The molecule has 0 bridgehead atoms. The van der Waals surface area contributed by atoms with E-state index in [1.807, 2.05) is 6.92 Å². The minimum Gasteiger partial charge on any atom is -0.465 e. The summed E-state index contributed by atoms with van der Waals surface area (Å²) in [4.78, 5) is 38.8. The number of hydrogen-bond acceptors (Lipinski definition) is 13. The number of carbonyl (C=O) groups excluding carboxylic acids is 3. The van der Waals surface area contributed by atoms with Gasteiger partial charge in [-0.25, -0.2) is 0 Å². The van der Waals surface area contributed by atoms with Gasteiger partial charge in [0.2, 0.25) is 0 Å². The highest BCUT2D eigenvalue weighted by Gasteiger charge is 2.36. The molecule has 0 saturated carbocycles. The Kier molecular flexibility index (Phi) is 55.1. The van der Waals surface area contributed by atoms with Crippen molar-refractivity contribution in [2.24, 2.45) is 17.3 Å². The van der Waals surface area contributed by atoms with Crippen molar-refractivity contribution in [3.05, 3.63) is 0 Å². The number of ether oxygens (including phenoxy) is 9. The molecule has 1 aliphatic rings. The molecule has 0 aromatic carbocycles. The molecule has 1 atom stereocenters. The predicted molar refractivity (Wildman–Crippen MR) is 323 cm³/mol. The molecule has 1 rings (SSSR count). The van der Waals surface area contributed by atoms with E-state index in [2.05, 4.69) is 33.0 Å². The van der Waals surface area contributed by atoms with Gasteiger partial charge in [0, 0.05) is 13.2 Å². The van der Waals surface area contributed by atoms with Crippen molar-refractivity contribution in [2.45, 2.75) is 285 Å². The lowest BCUT2D eigenvalue weighted by molar-refractivity contribution is -0.158. The van der Waals surface area contributed by atoms with Crippen molar-refractivity contribution in [1.82, 2.24) is 5.32 Å². The van der Waals surface area contributed by atoms with Crippen LogP contribution in [0.3, 0.4) is 0 Å². The second kappa shape index (κ2) is 57.9. The van der Waals surface area contributed by atoms with Gasteiger partial charge in [0.25, 0.3) is 0 Å². The highest BCUT2D eigenvalue weighted by molar-refractivity contribution is 5.76. The standard InChI is InChI=1S/C66H127NO12/c1-6-10-14-18-22-30-38-60(39-31-23-19-15-11-7-2)63(68)77-48-36-27-26-34-46-74-58-62(59-75-55-54-72-51-50-71-52-53-73-56-57-79-65(70)66(5)42-44-67-45-43-66)76-47-35-28-29-37-49-78-64(69)61(40-32-24-20-16-12-8-3)41-33-25-21-17-13-9-4/h60-62,67H,6-59H2,1-5H3. The first-order valence-electron chi connectivity index (χ1n) is 33.5. The molecule has 0 aromatic heterocycles. The van der Waals surface area contributed by atoms with Crippen LogP contribution in [-0.4, -0.2) is 130 Å². The Morgan fingerprint density at radius 2 is 0.671 bits per heavy atom. The third-order valence-corrected chi connectivity index (χ3v) is 15.7. The number of unbranched alkanes of at least 4 members (excludes halogenated alkanes) is 26. The van der Waals surface area contributed by atoms with Crippen LogP contribution in [-0.2, 0) is 57.0 Å². The predicted octanol–water partition coefficient (Wildman–Crippen LogP) is 15.8. The monoisotopic (exact) mass is 1130 g/mol. The van der Waals surface area contributed by atoms with Gasteiger partial charge in [-0.15, -0.1) is 0 Å². The molecule has 0 spiro atoms. The van der Waals surface area contributed by atoms with Crippen LogP contribution in [0.2, 0.25) is 0 Å². The van der Waals surface area contributed by atoms with Gasteiger partial charge in [-0.3, -0.25) is 14.4 Å². The zero-order valence-corrected chi connectivity index (χ0v) is 52.3. The molecule has 0 aliphatic carbocycles. The molecule has 79 heavy (non-hydrogen) atoms. The smallest absolute Gasteiger partial charge is 0.311 e. The van der Waals surface area contributed by atoms with E-state index >= 15 is 0 Å². The number of piperidine rings is 1. The van der Waals surface area contributed by atoms with Gasteiger partial charge in [0.15, 0.2) is 0 Å². The zero-order valence-electron chi connectivity index (χ0n) is 52.3. The number of hydrogen-bond donors (Lipinski definition) is 1. The number of rotatable bonds is 62. The van der Waals surface area contributed by atoms with Crippen LogP contribution in [0, 0.1) is 17.3 Å². The molecule has 0 amide bonds. The second-order valence-corrected chi connectivity index (χ2v) is 23.2. The van der Waals surface area contributed by atoms with Gasteiger partial charge in [0.1, 0.15) is 12.7 Å². The van der Waals surface area contributed by atoms with Crippen LogP contribution in [0.25, 0.3) is 0 Å². The Morgan fingerprint density at radius 3 is 1.08 bits per heavy atom. The Hall–Kier alpha value is -1.87. The summed E-state index contributed by atoms with van der Waals surface area (Å²) < 4.78 is 52.6. The fourth-order valence-corrected chi connectivity index (χ4v) is 10.3. The number of nitrogens with one attached hydrogen (secondary N) is 1. The van der Waals surface area contributed by atoms with Crippen molar-refractivity contribution in [2.75, 3.05) is 106 Å². The van der Waals surface area contributed by atoms with Crippen LogP contribution in [0.1, 0.15) is 279 Å². The summed E-state index contributed by atoms with van der Waals surface area (Å²) in [7, 11) is 0. The van der Waals surface area contributed by atoms with E-state index in [9.17, 15) is 14.4 Å². The van der Waals surface area contributed by atoms with Crippen LogP contribution in [0.4, 0.5) is 0 Å². The number of esters is 3. The van der Waals surface area contributed by atoms with Crippen LogP contribution < -0.4 is 5.32 Å². The average Bonchev–Trinajstić information content (AvgIpc) is 3.46. The maximum atomic E-state index is 13.2. The molecule has 1 unspecified atom stereocenters. The number of carbonyl (C=O) groups is 3. The zero-order chi connectivity index (χ0) is 57.2. The van der Waals surface area contributed by atoms with Gasteiger partial charge in [-0.1, -0.05) is 195 Å². The molecule has 0 aromatic rings. The highest BCUT2D eigenvalue weighted by atomic mass is 16.6. The van der Waals surface area contributed by atoms with E-state index < -0.39 is 5.41 Å². The van der Waals surface area contributed by atoms with Crippen LogP contribution in [0.15, 0.2) is 0 Å². The molecular weight excluding hydrogens is 999 g/mol. The molecule has 13 heteroatoms. The fourth-order valence-electron chi connectivity index (χ4n) is 10.3. The Labute approximate surface area is 486 Å². The topological polar surface area (TPSA) is 146 Å². The van der Waals surface area contributed by atoms with E-state index in [4.69, 9.17) is 42.6 Å². The van der Waals surface area contributed by atoms with Crippen LogP contribution in [0.5, 0.6) is 0 Å². The summed E-state index contributed by atoms with van der Waals surface area (Å²) in [5.41, 5.74) is -0.402. The summed E-state index contributed by atoms with van der Waals surface area (Å²) in [5.74, 6) is -0.00402. The van der Waals surface area contributed by atoms with Gasteiger partial charge in [0.05, 0.1) is 89.9 Å². The molecule has 1 heterocycles. The van der Waals surface area contributed by atoms with Crippen molar-refractivity contribution in [3.8, 4) is 0 Å². The molecule has 468 valence electrons. The largest absolute Gasteiger partial charge is 0.465 e. The molecule has 0 radical (unpaired) electrons. The van der Waals surface area contributed by atoms with Gasteiger partial charge >= 0.3 is 17.9 Å². The maximum Gasteiger partial charge on any atom is 0.311 e. The van der Waals surface area contributed by atoms with Gasteiger partial charge < -0.3 is 47.9 Å². The molecule has 1 N–H and O–H groups in total. The summed E-state index contributed by atoms with van der Waals surface area (Å²) >= 11 is 0. The van der Waals surface area contributed by atoms with Gasteiger partial charge in [-0.2, -0.15) is 0 Å². The van der Waals surface area contributed by atoms with Crippen LogP contribution >= 0.6 is 0 Å².